The smallest absolute Gasteiger partial charge is 0.339 e. The Balaban J connectivity index is 1.48. The first kappa shape index (κ1) is 20.0. The summed E-state index contributed by atoms with van der Waals surface area (Å²) >= 11 is 0. The minimum absolute atomic E-state index is 0.282. The molecule has 0 bridgehead atoms. The SMILES string of the molecule is COC(=O)c1ccccc1NC(=O)NCCn1c(-c2ccncc2)nc2cccnc21. The van der Waals surface area contributed by atoms with Crippen molar-refractivity contribution in [3.8, 4) is 11.4 Å². The maximum atomic E-state index is 12.4. The second kappa shape index (κ2) is 9.04. The van der Waals surface area contributed by atoms with E-state index in [1.807, 2.05) is 28.8 Å². The number of pyridine rings is 2. The molecular weight excluding hydrogens is 396 g/mol. The van der Waals surface area contributed by atoms with E-state index < -0.39 is 12.0 Å². The van der Waals surface area contributed by atoms with Crippen LogP contribution in [-0.2, 0) is 11.3 Å². The number of nitrogens with one attached hydrogen (secondary N) is 2. The molecule has 0 unspecified atom stereocenters. The number of aromatic nitrogens is 4. The molecule has 3 heterocycles. The molecule has 0 radical (unpaired) electrons. The summed E-state index contributed by atoms with van der Waals surface area (Å²) in [5.41, 5.74) is 3.06. The van der Waals surface area contributed by atoms with Crippen LogP contribution in [0.25, 0.3) is 22.6 Å². The molecule has 0 fully saturated rings. The number of carbonyl (C=O) groups excluding carboxylic acids is 2. The Bertz CT molecular complexity index is 1220. The molecular formula is C22H20N6O3. The number of carbonyl (C=O) groups is 2. The lowest BCUT2D eigenvalue weighted by molar-refractivity contribution is 0.0602. The van der Waals surface area contributed by atoms with Gasteiger partial charge in [0.2, 0.25) is 0 Å². The van der Waals surface area contributed by atoms with Crippen LogP contribution in [0.2, 0.25) is 0 Å². The van der Waals surface area contributed by atoms with E-state index in [9.17, 15) is 9.59 Å². The van der Waals surface area contributed by atoms with Crippen LogP contribution in [0.15, 0.2) is 67.1 Å². The lowest BCUT2D eigenvalue weighted by Crippen LogP contribution is -2.32. The third-order valence-electron chi connectivity index (χ3n) is 4.64. The van der Waals surface area contributed by atoms with Crippen LogP contribution in [0.1, 0.15) is 10.4 Å². The summed E-state index contributed by atoms with van der Waals surface area (Å²) in [6.45, 7) is 0.781. The second-order valence-corrected chi connectivity index (χ2v) is 6.59. The van der Waals surface area contributed by atoms with E-state index in [0.29, 0.717) is 18.8 Å². The molecule has 9 heteroatoms. The average Bonchev–Trinajstić information content (AvgIpc) is 3.18. The summed E-state index contributed by atoms with van der Waals surface area (Å²) in [5.74, 6) is 0.225. The highest BCUT2D eigenvalue weighted by Gasteiger charge is 2.15. The van der Waals surface area contributed by atoms with E-state index in [1.165, 1.54) is 7.11 Å². The zero-order valence-corrected chi connectivity index (χ0v) is 16.8. The number of nitrogens with zero attached hydrogens (tertiary/aromatic N) is 4. The van der Waals surface area contributed by atoms with Crippen LogP contribution in [0.3, 0.4) is 0 Å². The van der Waals surface area contributed by atoms with Crippen LogP contribution in [0.4, 0.5) is 10.5 Å². The fraction of sp³-hybridized carbons (Fsp3) is 0.136. The summed E-state index contributed by atoms with van der Waals surface area (Å²) in [6, 6.07) is 13.7. The molecule has 0 saturated carbocycles. The first-order valence-corrected chi connectivity index (χ1v) is 9.61. The quantitative estimate of drug-likeness (QED) is 0.467. The van der Waals surface area contributed by atoms with Gasteiger partial charge in [0.05, 0.1) is 18.4 Å². The summed E-state index contributed by atoms with van der Waals surface area (Å²) in [5, 5.41) is 5.50. The van der Waals surface area contributed by atoms with Crippen molar-refractivity contribution in [2.45, 2.75) is 6.54 Å². The lowest BCUT2D eigenvalue weighted by Gasteiger charge is -2.12. The van der Waals surface area contributed by atoms with Crippen molar-refractivity contribution in [3.05, 3.63) is 72.7 Å². The van der Waals surface area contributed by atoms with Crippen molar-refractivity contribution in [2.75, 3.05) is 19.0 Å². The summed E-state index contributed by atoms with van der Waals surface area (Å²) in [6.07, 6.45) is 5.12. The van der Waals surface area contributed by atoms with Gasteiger partial charge in [0.25, 0.3) is 0 Å². The maximum Gasteiger partial charge on any atom is 0.339 e. The number of urea groups is 1. The van der Waals surface area contributed by atoms with Gasteiger partial charge < -0.3 is 19.9 Å². The van der Waals surface area contributed by atoms with Crippen molar-refractivity contribution < 1.29 is 14.3 Å². The number of fused-ring (bicyclic) bond motifs is 1. The monoisotopic (exact) mass is 416 g/mol. The number of imidazole rings is 1. The van der Waals surface area contributed by atoms with E-state index in [-0.39, 0.29) is 5.56 Å². The zero-order chi connectivity index (χ0) is 21.6. The van der Waals surface area contributed by atoms with Gasteiger partial charge in [0.1, 0.15) is 11.3 Å². The number of rotatable bonds is 6. The fourth-order valence-electron chi connectivity index (χ4n) is 3.22. The van der Waals surface area contributed by atoms with Crippen LogP contribution in [-0.4, -0.2) is 45.2 Å². The van der Waals surface area contributed by atoms with Gasteiger partial charge in [-0.2, -0.15) is 0 Å². The standard InChI is InChI=1S/C22H20N6O3/c1-31-21(29)16-5-2-3-6-17(16)27-22(30)25-13-14-28-19(15-8-11-23-12-9-15)26-18-7-4-10-24-20(18)28/h2-12H,13-14H2,1H3,(H2,25,27,30). The molecule has 0 spiro atoms. The van der Waals surface area contributed by atoms with E-state index in [1.54, 1.807) is 42.9 Å². The average molecular weight is 416 g/mol. The molecule has 0 aliphatic heterocycles. The van der Waals surface area contributed by atoms with E-state index in [0.717, 1.165) is 22.6 Å². The Kier molecular flexibility index (Phi) is 5.84. The molecule has 31 heavy (non-hydrogen) atoms. The Morgan fingerprint density at radius 3 is 2.65 bits per heavy atom. The lowest BCUT2D eigenvalue weighted by atomic mass is 10.2. The molecule has 0 atom stereocenters. The molecule has 156 valence electrons. The van der Waals surface area contributed by atoms with E-state index in [4.69, 9.17) is 4.74 Å². The Labute approximate surface area is 178 Å². The van der Waals surface area contributed by atoms with Gasteiger partial charge in [-0.25, -0.2) is 19.6 Å². The van der Waals surface area contributed by atoms with Crippen molar-refractivity contribution in [2.24, 2.45) is 0 Å². The number of methoxy groups -OCH3 is 1. The molecule has 9 nitrogen and oxygen atoms in total. The Hall–Kier alpha value is -4.27. The van der Waals surface area contributed by atoms with Gasteiger partial charge in [-0.15, -0.1) is 0 Å². The molecule has 1 aromatic carbocycles. The number of hydrogen-bond acceptors (Lipinski definition) is 6. The number of benzene rings is 1. The molecule has 4 aromatic rings. The first-order valence-electron chi connectivity index (χ1n) is 9.61. The van der Waals surface area contributed by atoms with Gasteiger partial charge in [-0.1, -0.05) is 12.1 Å². The van der Waals surface area contributed by atoms with E-state index >= 15 is 0 Å². The highest BCUT2D eigenvalue weighted by Crippen LogP contribution is 2.22. The predicted octanol–water partition coefficient (Wildman–Crippen LogP) is 3.10. The summed E-state index contributed by atoms with van der Waals surface area (Å²) < 4.78 is 6.70. The molecule has 0 aliphatic carbocycles. The summed E-state index contributed by atoms with van der Waals surface area (Å²) in [7, 11) is 1.29. The van der Waals surface area contributed by atoms with Crippen LogP contribution in [0, 0.1) is 0 Å². The fourth-order valence-corrected chi connectivity index (χ4v) is 3.22. The zero-order valence-electron chi connectivity index (χ0n) is 16.8. The molecule has 0 aliphatic rings. The predicted molar refractivity (Wildman–Crippen MR) is 116 cm³/mol. The summed E-state index contributed by atoms with van der Waals surface area (Å²) in [4.78, 5) is 37.4. The van der Waals surface area contributed by atoms with Crippen LogP contribution in [0.5, 0.6) is 0 Å². The Morgan fingerprint density at radius 1 is 1.03 bits per heavy atom. The molecule has 2 amide bonds. The first-order chi connectivity index (χ1) is 15.2. The van der Waals surface area contributed by atoms with Gasteiger partial charge in [-0.05, 0) is 36.4 Å². The maximum absolute atomic E-state index is 12.4. The molecule has 0 saturated heterocycles. The number of amides is 2. The number of hydrogen-bond donors (Lipinski definition) is 2. The normalized spacial score (nSPS) is 10.6. The number of esters is 1. The van der Waals surface area contributed by atoms with Crippen molar-refractivity contribution in [1.29, 1.82) is 0 Å². The molecule has 3 aromatic heterocycles. The number of ether oxygens (including phenoxy) is 1. The highest BCUT2D eigenvalue weighted by molar-refractivity contribution is 6.00. The highest BCUT2D eigenvalue weighted by atomic mass is 16.5. The topological polar surface area (TPSA) is 111 Å². The third-order valence-corrected chi connectivity index (χ3v) is 4.64. The van der Waals surface area contributed by atoms with E-state index in [2.05, 4.69) is 25.6 Å². The molecule has 4 rings (SSSR count). The van der Waals surface area contributed by atoms with Gasteiger partial charge in [0, 0.05) is 37.2 Å². The third kappa shape index (κ3) is 4.35. The van der Waals surface area contributed by atoms with Crippen molar-refractivity contribution in [3.63, 3.8) is 0 Å². The van der Waals surface area contributed by atoms with Gasteiger partial charge in [0.15, 0.2) is 5.65 Å². The molecule has 2 N–H and O–H groups in total. The largest absolute Gasteiger partial charge is 0.465 e. The number of anilines is 1. The van der Waals surface area contributed by atoms with Crippen molar-refractivity contribution in [1.82, 2.24) is 24.8 Å². The van der Waals surface area contributed by atoms with Crippen molar-refractivity contribution >= 4 is 28.9 Å². The van der Waals surface area contributed by atoms with Crippen LogP contribution < -0.4 is 10.6 Å². The Morgan fingerprint density at radius 2 is 1.84 bits per heavy atom. The minimum atomic E-state index is -0.520. The second-order valence-electron chi connectivity index (χ2n) is 6.59. The van der Waals surface area contributed by atoms with Crippen LogP contribution >= 0.6 is 0 Å². The van der Waals surface area contributed by atoms with Gasteiger partial charge in [-0.3, -0.25) is 4.98 Å². The number of para-hydroxylation sites is 1. The van der Waals surface area contributed by atoms with Gasteiger partial charge >= 0.3 is 12.0 Å². The minimum Gasteiger partial charge on any atom is -0.465 e.